The van der Waals surface area contributed by atoms with Crippen LogP contribution in [0, 0.1) is 5.92 Å². The van der Waals surface area contributed by atoms with Crippen molar-refractivity contribution in [2.24, 2.45) is 5.92 Å². The Bertz CT molecular complexity index is 565. The molecule has 1 aromatic rings. The highest BCUT2D eigenvalue weighted by molar-refractivity contribution is 5.96. The zero-order valence-corrected chi connectivity index (χ0v) is 13.2. The van der Waals surface area contributed by atoms with Gasteiger partial charge in [-0.25, -0.2) is 4.79 Å². The van der Waals surface area contributed by atoms with E-state index in [-0.39, 0.29) is 18.1 Å². The van der Waals surface area contributed by atoms with E-state index >= 15 is 0 Å². The standard InChI is InChI=1S/C17H21NO5/c1-21-16(20)13-6-4-12(5-7-13)15(19)18-8-2-3-14(11-18)17-22-9-10-23-17/h4-7,14,17H,2-3,8-11H2,1H3. The van der Waals surface area contributed by atoms with Crippen LogP contribution in [0.15, 0.2) is 24.3 Å². The maximum absolute atomic E-state index is 12.6. The molecule has 1 unspecified atom stereocenters. The molecule has 2 aliphatic heterocycles. The van der Waals surface area contributed by atoms with Gasteiger partial charge in [0.15, 0.2) is 6.29 Å². The van der Waals surface area contributed by atoms with Gasteiger partial charge in [-0.2, -0.15) is 0 Å². The molecular formula is C17H21NO5. The third kappa shape index (κ3) is 3.54. The number of benzene rings is 1. The Hall–Kier alpha value is -1.92. The molecule has 0 N–H and O–H groups in total. The quantitative estimate of drug-likeness (QED) is 0.793. The average Bonchev–Trinajstić information content (AvgIpc) is 3.15. The molecule has 23 heavy (non-hydrogen) atoms. The first-order valence-corrected chi connectivity index (χ1v) is 7.90. The van der Waals surface area contributed by atoms with E-state index in [0.29, 0.717) is 30.9 Å². The summed E-state index contributed by atoms with van der Waals surface area (Å²) in [4.78, 5) is 25.9. The second kappa shape index (κ2) is 7.10. The van der Waals surface area contributed by atoms with E-state index in [1.54, 1.807) is 24.3 Å². The van der Waals surface area contributed by atoms with E-state index in [4.69, 9.17) is 9.47 Å². The number of nitrogens with zero attached hydrogens (tertiary/aromatic N) is 1. The molecule has 2 saturated heterocycles. The van der Waals surface area contributed by atoms with E-state index in [2.05, 4.69) is 4.74 Å². The van der Waals surface area contributed by atoms with Crippen LogP contribution in [0.5, 0.6) is 0 Å². The molecule has 3 rings (SSSR count). The summed E-state index contributed by atoms with van der Waals surface area (Å²) >= 11 is 0. The van der Waals surface area contributed by atoms with Crippen molar-refractivity contribution in [3.05, 3.63) is 35.4 Å². The summed E-state index contributed by atoms with van der Waals surface area (Å²) in [5, 5.41) is 0. The average molecular weight is 319 g/mol. The lowest BCUT2D eigenvalue weighted by Crippen LogP contribution is -2.43. The van der Waals surface area contributed by atoms with Crippen molar-refractivity contribution < 1.29 is 23.8 Å². The van der Waals surface area contributed by atoms with Crippen LogP contribution in [0.1, 0.15) is 33.6 Å². The van der Waals surface area contributed by atoms with Gasteiger partial charge in [-0.05, 0) is 37.1 Å². The molecule has 6 heteroatoms. The van der Waals surface area contributed by atoms with Gasteiger partial charge < -0.3 is 19.1 Å². The summed E-state index contributed by atoms with van der Waals surface area (Å²) in [7, 11) is 1.34. The van der Waals surface area contributed by atoms with Crippen LogP contribution < -0.4 is 0 Å². The third-order valence-corrected chi connectivity index (χ3v) is 4.33. The van der Waals surface area contributed by atoms with Crippen molar-refractivity contribution in [1.29, 1.82) is 0 Å². The van der Waals surface area contributed by atoms with Gasteiger partial charge in [0.25, 0.3) is 5.91 Å². The van der Waals surface area contributed by atoms with Crippen molar-refractivity contribution >= 4 is 11.9 Å². The smallest absolute Gasteiger partial charge is 0.337 e. The SMILES string of the molecule is COC(=O)c1ccc(C(=O)N2CCCC(C3OCCO3)C2)cc1. The van der Waals surface area contributed by atoms with Gasteiger partial charge in [0.1, 0.15) is 0 Å². The van der Waals surface area contributed by atoms with Gasteiger partial charge in [0.05, 0.1) is 25.9 Å². The first-order chi connectivity index (χ1) is 11.2. The number of hydrogen-bond acceptors (Lipinski definition) is 5. The van der Waals surface area contributed by atoms with Gasteiger partial charge in [0, 0.05) is 24.6 Å². The topological polar surface area (TPSA) is 65.1 Å². The highest BCUT2D eigenvalue weighted by Crippen LogP contribution is 2.25. The van der Waals surface area contributed by atoms with Crippen LogP contribution in [0.4, 0.5) is 0 Å². The lowest BCUT2D eigenvalue weighted by atomic mass is 9.96. The summed E-state index contributed by atoms with van der Waals surface area (Å²) in [5.74, 6) is -0.203. The van der Waals surface area contributed by atoms with E-state index in [1.807, 2.05) is 4.90 Å². The first-order valence-electron chi connectivity index (χ1n) is 7.90. The van der Waals surface area contributed by atoms with Gasteiger partial charge in [-0.1, -0.05) is 0 Å². The molecule has 2 aliphatic rings. The monoisotopic (exact) mass is 319 g/mol. The largest absolute Gasteiger partial charge is 0.465 e. The Morgan fingerprint density at radius 2 is 1.78 bits per heavy atom. The van der Waals surface area contributed by atoms with Gasteiger partial charge in [0.2, 0.25) is 0 Å². The molecule has 2 heterocycles. The second-order valence-electron chi connectivity index (χ2n) is 5.83. The van der Waals surface area contributed by atoms with Gasteiger partial charge >= 0.3 is 5.97 Å². The normalized spacial score (nSPS) is 22.1. The van der Waals surface area contributed by atoms with Crippen molar-refractivity contribution in [3.63, 3.8) is 0 Å². The van der Waals surface area contributed by atoms with Crippen molar-refractivity contribution in [2.75, 3.05) is 33.4 Å². The van der Waals surface area contributed by atoms with Crippen LogP contribution in [0.25, 0.3) is 0 Å². The number of piperidine rings is 1. The molecule has 0 spiro atoms. The fourth-order valence-corrected chi connectivity index (χ4v) is 3.11. The fraction of sp³-hybridized carbons (Fsp3) is 0.529. The number of esters is 1. The zero-order chi connectivity index (χ0) is 16.2. The highest BCUT2D eigenvalue weighted by atomic mass is 16.7. The number of carbonyl (C=O) groups is 2. The predicted octanol–water partition coefficient (Wildman–Crippen LogP) is 1.70. The Labute approximate surface area is 135 Å². The predicted molar refractivity (Wildman–Crippen MR) is 82.1 cm³/mol. The summed E-state index contributed by atoms with van der Waals surface area (Å²) in [6, 6.07) is 6.56. The minimum Gasteiger partial charge on any atom is -0.465 e. The summed E-state index contributed by atoms with van der Waals surface area (Å²) in [5.41, 5.74) is 1.01. The second-order valence-corrected chi connectivity index (χ2v) is 5.83. The van der Waals surface area contributed by atoms with Crippen LogP contribution in [0.2, 0.25) is 0 Å². The number of methoxy groups -OCH3 is 1. The number of hydrogen-bond donors (Lipinski definition) is 0. The van der Waals surface area contributed by atoms with Crippen LogP contribution in [-0.4, -0.2) is 56.5 Å². The molecule has 6 nitrogen and oxygen atoms in total. The fourth-order valence-electron chi connectivity index (χ4n) is 3.11. The van der Waals surface area contributed by atoms with Crippen LogP contribution in [-0.2, 0) is 14.2 Å². The minimum atomic E-state index is -0.405. The van der Waals surface area contributed by atoms with E-state index < -0.39 is 5.97 Å². The summed E-state index contributed by atoms with van der Waals surface area (Å²) in [6.07, 6.45) is 1.77. The lowest BCUT2D eigenvalue weighted by Gasteiger charge is -2.34. The maximum atomic E-state index is 12.6. The Morgan fingerprint density at radius 1 is 1.13 bits per heavy atom. The van der Waals surface area contributed by atoms with Crippen molar-refractivity contribution in [2.45, 2.75) is 19.1 Å². The molecule has 124 valence electrons. The molecule has 0 radical (unpaired) electrons. The van der Waals surface area contributed by atoms with E-state index in [1.165, 1.54) is 7.11 Å². The molecule has 1 aromatic carbocycles. The molecule has 0 aromatic heterocycles. The van der Waals surface area contributed by atoms with E-state index in [9.17, 15) is 9.59 Å². The van der Waals surface area contributed by atoms with Crippen LogP contribution >= 0.6 is 0 Å². The number of carbonyl (C=O) groups excluding carboxylic acids is 2. The zero-order valence-electron chi connectivity index (χ0n) is 13.2. The van der Waals surface area contributed by atoms with Crippen LogP contribution in [0.3, 0.4) is 0 Å². The van der Waals surface area contributed by atoms with Crippen molar-refractivity contribution in [1.82, 2.24) is 4.90 Å². The number of rotatable bonds is 3. The van der Waals surface area contributed by atoms with E-state index in [0.717, 1.165) is 19.4 Å². The summed E-state index contributed by atoms with van der Waals surface area (Å²) in [6.45, 7) is 2.64. The number of ether oxygens (including phenoxy) is 3. The first kappa shape index (κ1) is 16.0. The molecule has 1 atom stereocenters. The van der Waals surface area contributed by atoms with Crippen molar-refractivity contribution in [3.8, 4) is 0 Å². The summed E-state index contributed by atoms with van der Waals surface area (Å²) < 4.78 is 15.8. The molecule has 0 bridgehead atoms. The molecule has 2 fully saturated rings. The van der Waals surface area contributed by atoms with Gasteiger partial charge in [-0.15, -0.1) is 0 Å². The highest BCUT2D eigenvalue weighted by Gasteiger charge is 2.33. The Morgan fingerprint density at radius 3 is 2.43 bits per heavy atom. The lowest BCUT2D eigenvalue weighted by molar-refractivity contribution is -0.0969. The maximum Gasteiger partial charge on any atom is 0.337 e. The Balaban J connectivity index is 1.65. The molecular weight excluding hydrogens is 298 g/mol. The minimum absolute atomic E-state index is 0.0240. The van der Waals surface area contributed by atoms with Gasteiger partial charge in [-0.3, -0.25) is 4.79 Å². The number of amides is 1. The Kier molecular flexibility index (Phi) is 4.93. The molecule has 0 saturated carbocycles. The molecule has 1 amide bonds. The number of likely N-dealkylation sites (tertiary alicyclic amines) is 1. The molecule has 0 aliphatic carbocycles. The third-order valence-electron chi connectivity index (χ3n) is 4.33.